The van der Waals surface area contributed by atoms with Crippen LogP contribution in [0.5, 0.6) is 0 Å². The third-order valence-electron chi connectivity index (χ3n) is 3.47. The van der Waals surface area contributed by atoms with Crippen LogP contribution in [0.1, 0.15) is 12.0 Å². The summed E-state index contributed by atoms with van der Waals surface area (Å²) in [4.78, 5) is 13.7. The predicted molar refractivity (Wildman–Crippen MR) is 78.8 cm³/mol. The molecule has 0 spiro atoms. The fraction of sp³-hybridized carbons (Fsp3) is 0.462. The Morgan fingerprint density at radius 1 is 1.11 bits per heavy atom. The Balaban J connectivity index is 0.00000120. The van der Waals surface area contributed by atoms with Gasteiger partial charge in [0, 0.05) is 44.0 Å². The fourth-order valence-electron chi connectivity index (χ4n) is 2.49. The third kappa shape index (κ3) is 2.67. The number of nitrogens with zero attached hydrogens (tertiary/aromatic N) is 1. The standard InChI is InChI=1S/C13H17N3O.BrH/c17-13-4-1-10-9-11(2-3-12(10)15-13)16-7-5-14-6-8-16;/h2-3,9,14H,1,4-8H2,(H,15,17);1H. The number of amides is 1. The van der Waals surface area contributed by atoms with E-state index in [9.17, 15) is 4.79 Å². The molecule has 5 heteroatoms. The van der Waals surface area contributed by atoms with E-state index in [2.05, 4.69) is 27.7 Å². The maximum absolute atomic E-state index is 11.3. The number of piperazine rings is 1. The van der Waals surface area contributed by atoms with E-state index in [4.69, 9.17) is 0 Å². The van der Waals surface area contributed by atoms with Crippen LogP contribution in [0.2, 0.25) is 0 Å². The van der Waals surface area contributed by atoms with Crippen molar-refractivity contribution in [1.82, 2.24) is 5.32 Å². The lowest BCUT2D eigenvalue weighted by Crippen LogP contribution is -2.43. The molecule has 0 radical (unpaired) electrons. The van der Waals surface area contributed by atoms with E-state index in [0.29, 0.717) is 6.42 Å². The van der Waals surface area contributed by atoms with Crippen molar-refractivity contribution in [2.24, 2.45) is 0 Å². The van der Waals surface area contributed by atoms with Crippen molar-refractivity contribution < 1.29 is 4.79 Å². The molecule has 0 aromatic heterocycles. The van der Waals surface area contributed by atoms with Crippen molar-refractivity contribution in [1.29, 1.82) is 0 Å². The van der Waals surface area contributed by atoms with Crippen molar-refractivity contribution in [2.45, 2.75) is 12.8 Å². The lowest BCUT2D eigenvalue weighted by molar-refractivity contribution is -0.116. The molecule has 0 aliphatic carbocycles. The third-order valence-corrected chi connectivity index (χ3v) is 3.47. The van der Waals surface area contributed by atoms with Gasteiger partial charge in [0.2, 0.25) is 5.91 Å². The number of fused-ring (bicyclic) bond motifs is 1. The smallest absolute Gasteiger partial charge is 0.224 e. The first-order valence-corrected chi connectivity index (χ1v) is 6.21. The maximum Gasteiger partial charge on any atom is 0.224 e. The summed E-state index contributed by atoms with van der Waals surface area (Å²) in [5, 5.41) is 6.27. The largest absolute Gasteiger partial charge is 0.369 e. The van der Waals surface area contributed by atoms with E-state index in [-0.39, 0.29) is 22.9 Å². The van der Waals surface area contributed by atoms with Gasteiger partial charge in [-0.05, 0) is 30.2 Å². The molecule has 0 saturated carbocycles. The minimum absolute atomic E-state index is 0. The van der Waals surface area contributed by atoms with Crippen molar-refractivity contribution in [3.63, 3.8) is 0 Å². The average molecular weight is 312 g/mol. The zero-order valence-corrected chi connectivity index (χ0v) is 12.0. The van der Waals surface area contributed by atoms with Gasteiger partial charge < -0.3 is 15.5 Å². The van der Waals surface area contributed by atoms with Gasteiger partial charge in [-0.15, -0.1) is 17.0 Å². The first kappa shape index (κ1) is 13.4. The molecule has 3 rings (SSSR count). The molecule has 0 atom stereocenters. The average Bonchev–Trinajstić information content (AvgIpc) is 2.39. The first-order chi connectivity index (χ1) is 8.33. The van der Waals surface area contributed by atoms with Gasteiger partial charge in [0.1, 0.15) is 0 Å². The van der Waals surface area contributed by atoms with Crippen LogP contribution >= 0.6 is 17.0 Å². The highest BCUT2D eigenvalue weighted by molar-refractivity contribution is 8.93. The van der Waals surface area contributed by atoms with E-state index in [1.54, 1.807) is 0 Å². The molecule has 1 fully saturated rings. The Kier molecular flexibility index (Phi) is 4.24. The quantitative estimate of drug-likeness (QED) is 0.827. The van der Waals surface area contributed by atoms with Crippen LogP contribution in [0.3, 0.4) is 0 Å². The van der Waals surface area contributed by atoms with Crippen LogP contribution < -0.4 is 15.5 Å². The number of halogens is 1. The highest BCUT2D eigenvalue weighted by Gasteiger charge is 2.17. The Morgan fingerprint density at radius 3 is 2.67 bits per heavy atom. The number of anilines is 2. The van der Waals surface area contributed by atoms with Gasteiger partial charge in [-0.2, -0.15) is 0 Å². The molecule has 4 nitrogen and oxygen atoms in total. The topological polar surface area (TPSA) is 44.4 Å². The minimum atomic E-state index is 0. The van der Waals surface area contributed by atoms with Gasteiger partial charge in [0.25, 0.3) is 0 Å². The SMILES string of the molecule is Br.O=C1CCc2cc(N3CCNCC3)ccc2N1. The Bertz CT molecular complexity index is 444. The molecule has 1 aromatic carbocycles. The lowest BCUT2D eigenvalue weighted by Gasteiger charge is -2.30. The molecule has 1 amide bonds. The summed E-state index contributed by atoms with van der Waals surface area (Å²) in [6, 6.07) is 6.36. The summed E-state index contributed by atoms with van der Waals surface area (Å²) in [6.45, 7) is 4.22. The van der Waals surface area contributed by atoms with Crippen LogP contribution in [-0.2, 0) is 11.2 Å². The molecule has 0 bridgehead atoms. The molecule has 1 aromatic rings. The van der Waals surface area contributed by atoms with Gasteiger partial charge in [-0.3, -0.25) is 4.79 Å². The Labute approximate surface area is 118 Å². The second-order valence-electron chi connectivity index (χ2n) is 4.63. The normalized spacial score (nSPS) is 18.7. The van der Waals surface area contributed by atoms with E-state index in [0.717, 1.165) is 38.3 Å². The minimum Gasteiger partial charge on any atom is -0.369 e. The highest BCUT2D eigenvalue weighted by Crippen LogP contribution is 2.27. The first-order valence-electron chi connectivity index (χ1n) is 6.21. The number of benzene rings is 1. The van der Waals surface area contributed by atoms with Gasteiger partial charge >= 0.3 is 0 Å². The number of nitrogens with one attached hydrogen (secondary N) is 2. The van der Waals surface area contributed by atoms with Crippen molar-refractivity contribution >= 4 is 34.3 Å². The van der Waals surface area contributed by atoms with Crippen molar-refractivity contribution in [2.75, 3.05) is 36.4 Å². The molecular weight excluding hydrogens is 294 g/mol. The van der Waals surface area contributed by atoms with Crippen molar-refractivity contribution in [3.05, 3.63) is 23.8 Å². The highest BCUT2D eigenvalue weighted by atomic mass is 79.9. The summed E-state index contributed by atoms with van der Waals surface area (Å²) < 4.78 is 0. The van der Waals surface area contributed by atoms with Gasteiger partial charge in [-0.25, -0.2) is 0 Å². The van der Waals surface area contributed by atoms with Gasteiger partial charge in [-0.1, -0.05) is 0 Å². The number of aryl methyl sites for hydroxylation is 1. The molecule has 2 heterocycles. The summed E-state index contributed by atoms with van der Waals surface area (Å²) >= 11 is 0. The number of hydrogen-bond acceptors (Lipinski definition) is 3. The predicted octanol–water partition coefficient (Wildman–Crippen LogP) is 1.56. The summed E-state index contributed by atoms with van der Waals surface area (Å²) in [5.41, 5.74) is 3.53. The molecule has 18 heavy (non-hydrogen) atoms. The van der Waals surface area contributed by atoms with Gasteiger partial charge in [0.15, 0.2) is 0 Å². The second-order valence-corrected chi connectivity index (χ2v) is 4.63. The monoisotopic (exact) mass is 311 g/mol. The summed E-state index contributed by atoms with van der Waals surface area (Å²) in [7, 11) is 0. The van der Waals surface area contributed by atoms with Crippen LogP contribution in [0.25, 0.3) is 0 Å². The molecular formula is C13H18BrN3O. The summed E-state index contributed by atoms with van der Waals surface area (Å²) in [5.74, 6) is 0.132. The number of carbonyl (C=O) groups excluding carboxylic acids is 1. The van der Waals surface area contributed by atoms with Crippen LogP contribution in [0, 0.1) is 0 Å². The van der Waals surface area contributed by atoms with Gasteiger partial charge in [0.05, 0.1) is 0 Å². The maximum atomic E-state index is 11.3. The Morgan fingerprint density at radius 2 is 1.89 bits per heavy atom. The number of rotatable bonds is 1. The van der Waals surface area contributed by atoms with E-state index in [1.807, 2.05) is 6.07 Å². The molecule has 2 aliphatic rings. The zero-order valence-electron chi connectivity index (χ0n) is 10.2. The number of carbonyl (C=O) groups is 1. The fourth-order valence-corrected chi connectivity index (χ4v) is 2.49. The molecule has 98 valence electrons. The van der Waals surface area contributed by atoms with Crippen molar-refractivity contribution in [3.8, 4) is 0 Å². The molecule has 0 unspecified atom stereocenters. The van der Waals surface area contributed by atoms with Crippen LogP contribution in [0.4, 0.5) is 11.4 Å². The molecule has 1 saturated heterocycles. The number of hydrogen-bond donors (Lipinski definition) is 2. The second kappa shape index (κ2) is 5.71. The summed E-state index contributed by atoms with van der Waals surface area (Å²) in [6.07, 6.45) is 1.47. The molecule has 2 N–H and O–H groups in total. The lowest BCUT2D eigenvalue weighted by atomic mass is 10.0. The van der Waals surface area contributed by atoms with Crippen LogP contribution in [0.15, 0.2) is 18.2 Å². The van der Waals surface area contributed by atoms with E-state index in [1.165, 1.54) is 11.3 Å². The Hall–Kier alpha value is -1.07. The van der Waals surface area contributed by atoms with E-state index < -0.39 is 0 Å². The molecule has 2 aliphatic heterocycles. The van der Waals surface area contributed by atoms with Crippen LogP contribution in [-0.4, -0.2) is 32.1 Å². The van der Waals surface area contributed by atoms with E-state index >= 15 is 0 Å². The zero-order chi connectivity index (χ0) is 11.7.